The molecule has 0 spiro atoms. The van der Waals surface area contributed by atoms with Crippen molar-refractivity contribution in [3.8, 4) is 5.75 Å². The molecule has 0 radical (unpaired) electrons. The Bertz CT molecular complexity index is 749. The van der Waals surface area contributed by atoms with Gasteiger partial charge in [0, 0.05) is 22.6 Å². The van der Waals surface area contributed by atoms with Crippen molar-refractivity contribution in [2.45, 2.75) is 19.8 Å². The first kappa shape index (κ1) is 17.9. The summed E-state index contributed by atoms with van der Waals surface area (Å²) < 4.78 is 6.37. The van der Waals surface area contributed by atoms with Crippen molar-refractivity contribution < 1.29 is 14.5 Å². The van der Waals surface area contributed by atoms with Crippen LogP contribution in [0.4, 0.5) is 11.4 Å². The van der Waals surface area contributed by atoms with Gasteiger partial charge in [0.15, 0.2) is 5.75 Å². The van der Waals surface area contributed by atoms with E-state index in [-0.39, 0.29) is 30.4 Å². The van der Waals surface area contributed by atoms with Crippen molar-refractivity contribution in [1.82, 2.24) is 0 Å². The molecule has 0 aromatic heterocycles. The van der Waals surface area contributed by atoms with Crippen molar-refractivity contribution in [2.75, 3.05) is 11.9 Å². The fraction of sp³-hybridized carbons (Fsp3) is 0.235. The molecule has 0 fully saturated rings. The highest BCUT2D eigenvalue weighted by atomic mass is 79.9. The summed E-state index contributed by atoms with van der Waals surface area (Å²) in [4.78, 5) is 22.3. The number of nitro groups is 1. The summed E-state index contributed by atoms with van der Waals surface area (Å²) in [5, 5.41) is 13.7. The van der Waals surface area contributed by atoms with E-state index in [4.69, 9.17) is 4.74 Å². The number of hydrogen-bond acceptors (Lipinski definition) is 4. The van der Waals surface area contributed by atoms with Gasteiger partial charge in [-0.05, 0) is 43.2 Å². The minimum absolute atomic E-state index is 0.0764. The number of carbonyl (C=O) groups is 1. The molecule has 0 unspecified atom stereocenters. The number of benzene rings is 2. The lowest BCUT2D eigenvalue weighted by Crippen LogP contribution is -2.13. The monoisotopic (exact) mass is 392 g/mol. The van der Waals surface area contributed by atoms with E-state index in [0.29, 0.717) is 6.42 Å². The Morgan fingerprint density at radius 1 is 1.29 bits per heavy atom. The zero-order chi connectivity index (χ0) is 17.5. The maximum absolute atomic E-state index is 11.9. The summed E-state index contributed by atoms with van der Waals surface area (Å²) in [5.41, 5.74) is 1.66. The largest absolute Gasteiger partial charge is 0.487 e. The highest BCUT2D eigenvalue weighted by Crippen LogP contribution is 2.26. The molecule has 0 aliphatic heterocycles. The van der Waals surface area contributed by atoms with Gasteiger partial charge in [-0.1, -0.05) is 28.1 Å². The van der Waals surface area contributed by atoms with Crippen molar-refractivity contribution in [1.29, 1.82) is 0 Å². The fourth-order valence-corrected chi connectivity index (χ4v) is 2.60. The molecule has 1 N–H and O–H groups in total. The third-order valence-electron chi connectivity index (χ3n) is 3.33. The number of hydrogen-bond donors (Lipinski definition) is 1. The third-order valence-corrected chi connectivity index (χ3v) is 3.82. The van der Waals surface area contributed by atoms with Crippen LogP contribution in [0.5, 0.6) is 5.75 Å². The number of rotatable bonds is 7. The maximum atomic E-state index is 11.9. The van der Waals surface area contributed by atoms with Crippen LogP contribution < -0.4 is 10.1 Å². The minimum atomic E-state index is -0.488. The summed E-state index contributed by atoms with van der Waals surface area (Å²) in [6, 6.07) is 11.8. The number of carbonyl (C=O) groups excluding carboxylic acids is 1. The first-order chi connectivity index (χ1) is 11.5. The quantitative estimate of drug-likeness (QED) is 0.428. The predicted molar refractivity (Wildman–Crippen MR) is 95.3 cm³/mol. The Hall–Kier alpha value is -2.41. The lowest BCUT2D eigenvalue weighted by molar-refractivity contribution is -0.385. The van der Waals surface area contributed by atoms with Gasteiger partial charge in [-0.2, -0.15) is 0 Å². The molecule has 24 heavy (non-hydrogen) atoms. The summed E-state index contributed by atoms with van der Waals surface area (Å²) in [6.45, 7) is 2.15. The van der Waals surface area contributed by atoms with Crippen LogP contribution in [-0.4, -0.2) is 17.4 Å². The average Bonchev–Trinajstić information content (AvgIpc) is 2.54. The van der Waals surface area contributed by atoms with E-state index in [2.05, 4.69) is 21.2 Å². The number of aryl methyl sites for hydroxylation is 1. The Balaban J connectivity index is 1.80. The molecule has 2 aromatic carbocycles. The molecular weight excluding hydrogens is 376 g/mol. The van der Waals surface area contributed by atoms with Crippen LogP contribution in [0.2, 0.25) is 0 Å². The lowest BCUT2D eigenvalue weighted by atomic mass is 10.2. The Kier molecular flexibility index (Phi) is 6.31. The molecule has 6 nitrogen and oxygen atoms in total. The molecule has 0 saturated heterocycles. The third kappa shape index (κ3) is 5.06. The van der Waals surface area contributed by atoms with Crippen LogP contribution in [0.1, 0.15) is 18.4 Å². The van der Waals surface area contributed by atoms with Crippen LogP contribution in [0, 0.1) is 17.0 Å². The average molecular weight is 393 g/mol. The Morgan fingerprint density at radius 2 is 2.04 bits per heavy atom. The number of ether oxygens (including phenoxy) is 1. The summed E-state index contributed by atoms with van der Waals surface area (Å²) in [6.07, 6.45) is 0.740. The van der Waals surface area contributed by atoms with E-state index in [9.17, 15) is 14.9 Å². The smallest absolute Gasteiger partial charge is 0.310 e. The minimum Gasteiger partial charge on any atom is -0.487 e. The van der Waals surface area contributed by atoms with Crippen molar-refractivity contribution in [3.63, 3.8) is 0 Å². The van der Waals surface area contributed by atoms with Gasteiger partial charge in [0.1, 0.15) is 0 Å². The highest BCUT2D eigenvalue weighted by molar-refractivity contribution is 9.10. The molecule has 0 aliphatic carbocycles. The number of amides is 1. The summed E-state index contributed by atoms with van der Waals surface area (Å²) >= 11 is 3.37. The van der Waals surface area contributed by atoms with Crippen molar-refractivity contribution in [3.05, 3.63) is 62.6 Å². The van der Waals surface area contributed by atoms with Gasteiger partial charge in [-0.25, -0.2) is 0 Å². The van der Waals surface area contributed by atoms with Crippen LogP contribution >= 0.6 is 15.9 Å². The molecular formula is C17H17BrN2O4. The second-order valence-corrected chi connectivity index (χ2v) is 6.10. The maximum Gasteiger partial charge on any atom is 0.310 e. The number of nitro benzene ring substituents is 1. The number of nitrogens with one attached hydrogen (secondary N) is 1. The van der Waals surface area contributed by atoms with E-state index in [0.717, 1.165) is 15.7 Å². The second-order valence-electron chi connectivity index (χ2n) is 5.18. The fourth-order valence-electron chi connectivity index (χ4n) is 2.12. The Morgan fingerprint density at radius 3 is 2.75 bits per heavy atom. The summed E-state index contributed by atoms with van der Waals surface area (Å²) in [7, 11) is 0. The van der Waals surface area contributed by atoms with Gasteiger partial charge in [-0.15, -0.1) is 0 Å². The lowest BCUT2D eigenvalue weighted by Gasteiger charge is -2.09. The van der Waals surface area contributed by atoms with E-state index in [1.165, 1.54) is 6.07 Å². The van der Waals surface area contributed by atoms with Crippen LogP contribution in [0.3, 0.4) is 0 Å². The summed E-state index contributed by atoms with van der Waals surface area (Å²) in [5.74, 6) is 0.0956. The predicted octanol–water partition coefficient (Wildman–Crippen LogP) is 4.46. The van der Waals surface area contributed by atoms with Crippen LogP contribution in [-0.2, 0) is 4.79 Å². The Labute approximate surface area is 148 Å². The molecule has 0 aliphatic rings. The number of nitrogens with zero attached hydrogens (tertiary/aromatic N) is 1. The molecule has 7 heteroatoms. The van der Waals surface area contributed by atoms with Gasteiger partial charge in [0.05, 0.1) is 11.5 Å². The first-order valence-electron chi connectivity index (χ1n) is 7.39. The van der Waals surface area contributed by atoms with Gasteiger partial charge in [-0.3, -0.25) is 14.9 Å². The number of halogens is 1. The SMILES string of the molecule is Cc1cc(Br)ccc1NC(=O)CCCOc1ccccc1[N+](=O)[O-]. The van der Waals surface area contributed by atoms with Gasteiger partial charge < -0.3 is 10.1 Å². The molecule has 0 heterocycles. The molecule has 0 bridgehead atoms. The number of anilines is 1. The van der Waals surface area contributed by atoms with Crippen molar-refractivity contribution in [2.24, 2.45) is 0 Å². The van der Waals surface area contributed by atoms with Gasteiger partial charge in [0.2, 0.25) is 5.91 Å². The van der Waals surface area contributed by atoms with Crippen molar-refractivity contribution >= 4 is 33.2 Å². The van der Waals surface area contributed by atoms with E-state index in [1.807, 2.05) is 25.1 Å². The zero-order valence-corrected chi connectivity index (χ0v) is 14.7. The normalized spacial score (nSPS) is 10.2. The molecule has 0 saturated carbocycles. The number of para-hydroxylation sites is 2. The zero-order valence-electron chi connectivity index (χ0n) is 13.1. The first-order valence-corrected chi connectivity index (χ1v) is 8.19. The second kappa shape index (κ2) is 8.44. The molecule has 2 aromatic rings. The van der Waals surface area contributed by atoms with Gasteiger partial charge >= 0.3 is 5.69 Å². The van der Waals surface area contributed by atoms with E-state index < -0.39 is 4.92 Å². The van der Waals surface area contributed by atoms with Crippen LogP contribution in [0.15, 0.2) is 46.9 Å². The highest BCUT2D eigenvalue weighted by Gasteiger charge is 2.13. The molecule has 126 valence electrons. The van der Waals surface area contributed by atoms with E-state index in [1.54, 1.807) is 18.2 Å². The molecule has 0 atom stereocenters. The van der Waals surface area contributed by atoms with Gasteiger partial charge in [0.25, 0.3) is 0 Å². The van der Waals surface area contributed by atoms with E-state index >= 15 is 0 Å². The standard InChI is InChI=1S/C17H17BrN2O4/c1-12-11-13(18)8-9-14(12)19-17(21)7-4-10-24-16-6-3-2-5-15(16)20(22)23/h2-3,5-6,8-9,11H,4,7,10H2,1H3,(H,19,21). The molecule has 2 rings (SSSR count). The molecule has 1 amide bonds. The van der Waals surface area contributed by atoms with Crippen LogP contribution in [0.25, 0.3) is 0 Å². The topological polar surface area (TPSA) is 81.5 Å².